The summed E-state index contributed by atoms with van der Waals surface area (Å²) in [5.41, 5.74) is 5.24. The third-order valence-corrected chi connectivity index (χ3v) is 6.90. The van der Waals surface area contributed by atoms with Gasteiger partial charge in [0.1, 0.15) is 29.8 Å². The predicted molar refractivity (Wildman–Crippen MR) is 144 cm³/mol. The van der Waals surface area contributed by atoms with Gasteiger partial charge in [0.05, 0.1) is 23.2 Å². The van der Waals surface area contributed by atoms with Crippen LogP contribution in [0.3, 0.4) is 0 Å². The van der Waals surface area contributed by atoms with Gasteiger partial charge in [0.25, 0.3) is 0 Å². The number of nitrogens with zero attached hydrogens (tertiary/aromatic N) is 3. The Balaban J connectivity index is 1.21. The minimum Gasteiger partial charge on any atom is -0.509 e. The number of hydrogen-bond acceptors (Lipinski definition) is 5. The molecule has 1 aromatic heterocycles. The molecule has 2 aliphatic rings. The van der Waals surface area contributed by atoms with Gasteiger partial charge in [-0.3, -0.25) is 5.41 Å². The number of aliphatic hydroxyl groups is 1. The van der Waals surface area contributed by atoms with Crippen molar-refractivity contribution in [3.05, 3.63) is 89.9 Å². The fourth-order valence-corrected chi connectivity index (χ4v) is 5.00. The Morgan fingerprint density at radius 3 is 2.58 bits per heavy atom. The van der Waals surface area contributed by atoms with Crippen LogP contribution in [-0.2, 0) is 6.61 Å². The predicted octanol–water partition coefficient (Wildman–Crippen LogP) is 5.90. The summed E-state index contributed by atoms with van der Waals surface area (Å²) < 4.78 is 5.97. The highest BCUT2D eigenvalue weighted by Gasteiger charge is 2.31. The zero-order chi connectivity index (χ0) is 24.5. The smallest absolute Gasteiger partial charge is 0.145 e. The molecular weight excluding hydrogens is 450 g/mol. The molecule has 182 valence electrons. The van der Waals surface area contributed by atoms with E-state index in [1.165, 1.54) is 24.9 Å². The lowest BCUT2D eigenvalue weighted by Crippen LogP contribution is -2.29. The zero-order valence-electron chi connectivity index (χ0n) is 20.1. The third-order valence-electron chi connectivity index (χ3n) is 6.90. The summed E-state index contributed by atoms with van der Waals surface area (Å²) in [4.78, 5) is 12.2. The monoisotopic (exact) mass is 479 g/mol. The minimum absolute atomic E-state index is 0.130. The summed E-state index contributed by atoms with van der Waals surface area (Å²) in [6, 6.07) is 23.9. The van der Waals surface area contributed by atoms with Crippen LogP contribution in [0.25, 0.3) is 16.6 Å². The number of nitrogens with one attached hydrogen (secondary N) is 2. The Bertz CT molecular complexity index is 1440. The first-order valence-corrected chi connectivity index (χ1v) is 12.5. The Labute approximate surface area is 210 Å². The van der Waals surface area contributed by atoms with E-state index in [1.807, 2.05) is 60.7 Å². The highest BCUT2D eigenvalue weighted by Crippen LogP contribution is 2.33. The largest absolute Gasteiger partial charge is 0.509 e. The molecule has 1 saturated heterocycles. The normalized spacial score (nSPS) is 16.3. The van der Waals surface area contributed by atoms with Crippen molar-refractivity contribution in [2.45, 2.75) is 25.9 Å². The molecule has 0 atom stereocenters. The summed E-state index contributed by atoms with van der Waals surface area (Å²) in [5.74, 6) is 1.57. The Hall–Kier alpha value is -4.26. The van der Waals surface area contributed by atoms with Crippen LogP contribution < -0.4 is 14.5 Å². The summed E-state index contributed by atoms with van der Waals surface area (Å²) in [6.45, 7) is 2.83. The molecule has 36 heavy (non-hydrogen) atoms. The SMILES string of the molecule is N=C1C(c2nc3ccc(N4CCCCC4)cc3[nH]2)=C(O)CN1c1cccc(OCc2ccccc2)c1. The molecule has 0 saturated carbocycles. The van der Waals surface area contributed by atoms with E-state index < -0.39 is 0 Å². The van der Waals surface area contributed by atoms with E-state index in [1.54, 1.807) is 4.90 Å². The quantitative estimate of drug-likeness (QED) is 0.320. The number of benzene rings is 3. The number of rotatable bonds is 6. The second kappa shape index (κ2) is 9.41. The van der Waals surface area contributed by atoms with Gasteiger partial charge in [-0.05, 0) is 55.2 Å². The Kier molecular flexibility index (Phi) is 5.81. The average molecular weight is 480 g/mol. The molecule has 3 N–H and O–H groups in total. The van der Waals surface area contributed by atoms with Crippen molar-refractivity contribution in [1.82, 2.24) is 9.97 Å². The molecule has 0 amide bonds. The van der Waals surface area contributed by atoms with Gasteiger partial charge < -0.3 is 24.6 Å². The molecule has 4 aromatic rings. The summed E-state index contributed by atoms with van der Waals surface area (Å²) in [5, 5.41) is 19.7. The average Bonchev–Trinajstić information content (AvgIpc) is 3.47. The number of ether oxygens (including phenoxy) is 1. The lowest BCUT2D eigenvalue weighted by atomic mass is 10.1. The molecule has 2 aliphatic heterocycles. The van der Waals surface area contributed by atoms with E-state index in [2.05, 4.69) is 22.0 Å². The molecule has 7 heteroatoms. The van der Waals surface area contributed by atoms with Gasteiger partial charge in [-0.15, -0.1) is 0 Å². The first-order valence-electron chi connectivity index (χ1n) is 12.5. The van der Waals surface area contributed by atoms with Crippen molar-refractivity contribution in [3.8, 4) is 5.75 Å². The Morgan fingerprint density at radius 2 is 1.75 bits per heavy atom. The lowest BCUT2D eigenvalue weighted by Gasteiger charge is -2.28. The summed E-state index contributed by atoms with van der Waals surface area (Å²) >= 11 is 0. The molecule has 6 rings (SSSR count). The van der Waals surface area contributed by atoms with Crippen molar-refractivity contribution < 1.29 is 9.84 Å². The highest BCUT2D eigenvalue weighted by atomic mass is 16.5. The maximum Gasteiger partial charge on any atom is 0.145 e. The van der Waals surface area contributed by atoms with Gasteiger partial charge in [0, 0.05) is 30.5 Å². The van der Waals surface area contributed by atoms with Crippen LogP contribution in [0.1, 0.15) is 30.7 Å². The summed E-state index contributed by atoms with van der Waals surface area (Å²) in [6.07, 6.45) is 3.73. The van der Waals surface area contributed by atoms with E-state index >= 15 is 0 Å². The van der Waals surface area contributed by atoms with Gasteiger partial charge in [0.2, 0.25) is 0 Å². The van der Waals surface area contributed by atoms with Gasteiger partial charge in [-0.2, -0.15) is 0 Å². The topological polar surface area (TPSA) is 88.5 Å². The summed E-state index contributed by atoms with van der Waals surface area (Å²) in [7, 11) is 0. The zero-order valence-corrected chi connectivity index (χ0v) is 20.1. The van der Waals surface area contributed by atoms with Crippen LogP contribution in [0, 0.1) is 5.41 Å². The maximum absolute atomic E-state index is 10.8. The highest BCUT2D eigenvalue weighted by molar-refractivity contribution is 6.30. The number of aromatic nitrogens is 2. The van der Waals surface area contributed by atoms with Crippen molar-refractivity contribution in [2.75, 3.05) is 29.4 Å². The van der Waals surface area contributed by atoms with Gasteiger partial charge in [-0.1, -0.05) is 36.4 Å². The first kappa shape index (κ1) is 22.2. The molecule has 0 radical (unpaired) electrons. The number of H-pyrrole nitrogens is 1. The fourth-order valence-electron chi connectivity index (χ4n) is 5.00. The molecule has 0 unspecified atom stereocenters. The van der Waals surface area contributed by atoms with Crippen molar-refractivity contribution in [2.24, 2.45) is 0 Å². The van der Waals surface area contributed by atoms with Crippen molar-refractivity contribution in [3.63, 3.8) is 0 Å². The number of anilines is 2. The number of piperidine rings is 1. The first-order chi connectivity index (χ1) is 17.7. The second-order valence-corrected chi connectivity index (χ2v) is 9.36. The third kappa shape index (κ3) is 4.28. The van der Waals surface area contributed by atoms with Crippen LogP contribution in [-0.4, -0.2) is 40.5 Å². The molecule has 7 nitrogen and oxygen atoms in total. The van der Waals surface area contributed by atoms with Crippen LogP contribution in [0.4, 0.5) is 11.4 Å². The maximum atomic E-state index is 10.8. The van der Waals surface area contributed by atoms with Crippen LogP contribution in [0.5, 0.6) is 5.75 Å². The minimum atomic E-state index is 0.130. The van der Waals surface area contributed by atoms with Crippen LogP contribution >= 0.6 is 0 Å². The molecule has 0 bridgehead atoms. The van der Waals surface area contributed by atoms with E-state index in [9.17, 15) is 5.11 Å². The standard InChI is InChI=1S/C29H29N5O2/c30-28-27(29-31-24-13-12-21(17-25(24)32-29)33-14-5-2-6-15-33)26(35)18-34(28)22-10-7-11-23(16-22)36-19-20-8-3-1-4-9-20/h1,3-4,7-13,16-17,30,35H,2,5-6,14-15,18-19H2,(H,31,32). The fraction of sp³-hybridized carbons (Fsp3) is 0.241. The van der Waals surface area contributed by atoms with E-state index in [4.69, 9.17) is 15.1 Å². The van der Waals surface area contributed by atoms with E-state index in [0.29, 0.717) is 23.8 Å². The molecule has 1 fully saturated rings. The van der Waals surface area contributed by atoms with Crippen molar-refractivity contribution in [1.29, 1.82) is 5.41 Å². The van der Waals surface area contributed by atoms with Gasteiger partial charge >= 0.3 is 0 Å². The number of fused-ring (bicyclic) bond motifs is 1. The number of amidine groups is 1. The number of imidazole rings is 1. The van der Waals surface area contributed by atoms with Crippen LogP contribution in [0.15, 0.2) is 78.6 Å². The lowest BCUT2D eigenvalue weighted by molar-refractivity contribution is 0.306. The molecule has 3 heterocycles. The Morgan fingerprint density at radius 1 is 0.917 bits per heavy atom. The second-order valence-electron chi connectivity index (χ2n) is 9.36. The van der Waals surface area contributed by atoms with Crippen molar-refractivity contribution >= 4 is 33.8 Å². The molecule has 0 aliphatic carbocycles. The van der Waals surface area contributed by atoms with E-state index in [-0.39, 0.29) is 18.1 Å². The van der Waals surface area contributed by atoms with Gasteiger partial charge in [-0.25, -0.2) is 4.98 Å². The van der Waals surface area contributed by atoms with Crippen LogP contribution in [0.2, 0.25) is 0 Å². The number of aliphatic hydroxyl groups excluding tert-OH is 1. The molecule has 3 aromatic carbocycles. The number of hydrogen-bond donors (Lipinski definition) is 3. The molecular formula is C29H29N5O2. The molecule has 0 spiro atoms. The van der Waals surface area contributed by atoms with Gasteiger partial charge in [0.15, 0.2) is 0 Å². The van der Waals surface area contributed by atoms with E-state index in [0.717, 1.165) is 35.4 Å². The number of aromatic amines is 1.